The molecule has 1 fully saturated rings. The summed E-state index contributed by atoms with van der Waals surface area (Å²) in [4.78, 5) is 13.6. The molecule has 1 aromatic carbocycles. The van der Waals surface area contributed by atoms with E-state index in [1.165, 1.54) is 11.0 Å². The number of halogens is 2. The van der Waals surface area contributed by atoms with Gasteiger partial charge in [-0.1, -0.05) is 6.92 Å². The Morgan fingerprint density at radius 2 is 2.06 bits per heavy atom. The van der Waals surface area contributed by atoms with Gasteiger partial charge < -0.3 is 4.90 Å². The molecule has 0 aliphatic heterocycles. The third kappa shape index (κ3) is 2.30. The Balaban J connectivity index is 2.22. The summed E-state index contributed by atoms with van der Waals surface area (Å²) >= 11 is 0. The van der Waals surface area contributed by atoms with E-state index in [-0.39, 0.29) is 11.8 Å². The highest BCUT2D eigenvalue weighted by Gasteiger charge is 2.41. The van der Waals surface area contributed by atoms with Crippen LogP contribution in [0.5, 0.6) is 0 Å². The highest BCUT2D eigenvalue weighted by Crippen LogP contribution is 2.40. The molecule has 0 spiro atoms. The van der Waals surface area contributed by atoms with Crippen molar-refractivity contribution in [3.63, 3.8) is 0 Å². The van der Waals surface area contributed by atoms with Crippen LogP contribution in [0.1, 0.15) is 20.3 Å². The quantitative estimate of drug-likeness (QED) is 0.794. The number of rotatable bonds is 3. The van der Waals surface area contributed by atoms with Crippen LogP contribution in [-0.4, -0.2) is 12.5 Å². The maximum absolute atomic E-state index is 13.1. The van der Waals surface area contributed by atoms with E-state index in [2.05, 4.69) is 0 Å². The van der Waals surface area contributed by atoms with Gasteiger partial charge >= 0.3 is 0 Å². The Labute approximate surface area is 99.2 Å². The Morgan fingerprint density at radius 1 is 1.41 bits per heavy atom. The average Bonchev–Trinajstić information content (AvgIpc) is 3.01. The molecule has 0 N–H and O–H groups in total. The van der Waals surface area contributed by atoms with Crippen LogP contribution in [0.3, 0.4) is 0 Å². The van der Waals surface area contributed by atoms with Gasteiger partial charge in [-0.3, -0.25) is 4.79 Å². The van der Waals surface area contributed by atoms with Crippen LogP contribution >= 0.6 is 0 Å². The molecule has 2 rings (SSSR count). The zero-order valence-corrected chi connectivity index (χ0v) is 9.91. The molecule has 0 saturated heterocycles. The van der Waals surface area contributed by atoms with E-state index in [0.717, 1.165) is 18.6 Å². The van der Waals surface area contributed by atoms with Crippen LogP contribution in [0.15, 0.2) is 18.2 Å². The third-order valence-corrected chi connectivity index (χ3v) is 3.22. The maximum Gasteiger partial charge on any atom is 0.230 e. The van der Waals surface area contributed by atoms with Gasteiger partial charge in [0.1, 0.15) is 0 Å². The molecule has 0 heterocycles. The van der Waals surface area contributed by atoms with Crippen LogP contribution in [0.25, 0.3) is 0 Å². The lowest BCUT2D eigenvalue weighted by molar-refractivity contribution is -0.120. The monoisotopic (exact) mass is 239 g/mol. The second-order valence-electron chi connectivity index (χ2n) is 4.50. The summed E-state index contributed by atoms with van der Waals surface area (Å²) in [5.74, 6) is -1.36. The summed E-state index contributed by atoms with van der Waals surface area (Å²) in [5, 5.41) is 0. The van der Waals surface area contributed by atoms with E-state index in [0.29, 0.717) is 18.2 Å². The lowest BCUT2D eigenvalue weighted by Gasteiger charge is -2.21. The van der Waals surface area contributed by atoms with Gasteiger partial charge in [-0.25, -0.2) is 8.78 Å². The summed E-state index contributed by atoms with van der Waals surface area (Å²) in [6.07, 6.45) is 0.888. The first-order valence-corrected chi connectivity index (χ1v) is 5.81. The molecule has 1 aliphatic carbocycles. The van der Waals surface area contributed by atoms with Crippen LogP contribution in [-0.2, 0) is 4.79 Å². The molecule has 1 saturated carbocycles. The zero-order chi connectivity index (χ0) is 12.6. The number of nitrogens with zero attached hydrogens (tertiary/aromatic N) is 1. The van der Waals surface area contributed by atoms with Gasteiger partial charge in [0.2, 0.25) is 5.91 Å². The van der Waals surface area contributed by atoms with Gasteiger partial charge in [0, 0.05) is 24.2 Å². The number of carbonyl (C=O) groups excluding carboxylic acids is 1. The molecular weight excluding hydrogens is 224 g/mol. The Kier molecular flexibility index (Phi) is 3.13. The molecule has 4 heteroatoms. The Bertz CT molecular complexity index is 447. The predicted octanol–water partition coefficient (Wildman–Crippen LogP) is 2.97. The van der Waals surface area contributed by atoms with Crippen molar-refractivity contribution in [3.8, 4) is 0 Å². The van der Waals surface area contributed by atoms with E-state index < -0.39 is 11.6 Å². The van der Waals surface area contributed by atoms with E-state index in [1.807, 2.05) is 13.8 Å². The van der Waals surface area contributed by atoms with Crippen molar-refractivity contribution < 1.29 is 13.6 Å². The van der Waals surface area contributed by atoms with Gasteiger partial charge in [-0.15, -0.1) is 0 Å². The minimum Gasteiger partial charge on any atom is -0.312 e. The molecule has 1 amide bonds. The maximum atomic E-state index is 13.1. The average molecular weight is 239 g/mol. The van der Waals surface area contributed by atoms with E-state index >= 15 is 0 Å². The fourth-order valence-corrected chi connectivity index (χ4v) is 1.98. The molecule has 92 valence electrons. The van der Waals surface area contributed by atoms with E-state index in [9.17, 15) is 13.6 Å². The van der Waals surface area contributed by atoms with Crippen LogP contribution < -0.4 is 4.90 Å². The van der Waals surface area contributed by atoms with Crippen LogP contribution in [0.2, 0.25) is 0 Å². The van der Waals surface area contributed by atoms with Crippen molar-refractivity contribution in [3.05, 3.63) is 29.8 Å². The molecule has 2 atom stereocenters. The topological polar surface area (TPSA) is 20.3 Å². The van der Waals surface area contributed by atoms with E-state index in [1.54, 1.807) is 0 Å². The van der Waals surface area contributed by atoms with Crippen molar-refractivity contribution in [1.29, 1.82) is 0 Å². The minimum absolute atomic E-state index is 0.00556. The van der Waals surface area contributed by atoms with Crippen LogP contribution in [0.4, 0.5) is 14.5 Å². The number of hydrogen-bond donors (Lipinski definition) is 0. The largest absolute Gasteiger partial charge is 0.312 e. The number of amides is 1. The Morgan fingerprint density at radius 3 is 2.53 bits per heavy atom. The molecule has 2 nitrogen and oxygen atoms in total. The molecule has 2 unspecified atom stereocenters. The van der Waals surface area contributed by atoms with Crippen molar-refractivity contribution in [1.82, 2.24) is 0 Å². The summed E-state index contributed by atoms with van der Waals surface area (Å²) in [6, 6.07) is 3.56. The first kappa shape index (κ1) is 12.0. The van der Waals surface area contributed by atoms with Crippen LogP contribution in [0, 0.1) is 23.5 Å². The van der Waals surface area contributed by atoms with Crippen molar-refractivity contribution in [2.45, 2.75) is 20.3 Å². The molecule has 0 bridgehead atoms. The zero-order valence-electron chi connectivity index (χ0n) is 9.91. The SMILES string of the molecule is CCN(C(=O)C1CC1C)c1ccc(F)c(F)c1. The number of hydrogen-bond acceptors (Lipinski definition) is 1. The summed E-state index contributed by atoms with van der Waals surface area (Å²) in [6.45, 7) is 4.31. The van der Waals surface area contributed by atoms with Crippen molar-refractivity contribution in [2.24, 2.45) is 11.8 Å². The fraction of sp³-hybridized carbons (Fsp3) is 0.462. The lowest BCUT2D eigenvalue weighted by Crippen LogP contribution is -2.32. The van der Waals surface area contributed by atoms with Crippen molar-refractivity contribution >= 4 is 11.6 Å². The lowest BCUT2D eigenvalue weighted by atomic mass is 10.2. The second-order valence-corrected chi connectivity index (χ2v) is 4.50. The first-order valence-electron chi connectivity index (χ1n) is 5.81. The van der Waals surface area contributed by atoms with Gasteiger partial charge in [-0.05, 0) is 31.4 Å². The predicted molar refractivity (Wildman–Crippen MR) is 61.7 cm³/mol. The highest BCUT2D eigenvalue weighted by molar-refractivity contribution is 5.96. The molecule has 17 heavy (non-hydrogen) atoms. The third-order valence-electron chi connectivity index (χ3n) is 3.22. The fourth-order valence-electron chi connectivity index (χ4n) is 1.98. The van der Waals surface area contributed by atoms with E-state index in [4.69, 9.17) is 0 Å². The highest BCUT2D eigenvalue weighted by atomic mass is 19.2. The first-order chi connectivity index (χ1) is 8.04. The molecule has 0 aromatic heterocycles. The van der Waals surface area contributed by atoms with Gasteiger partial charge in [-0.2, -0.15) is 0 Å². The van der Waals surface area contributed by atoms with Gasteiger partial charge in [0.25, 0.3) is 0 Å². The molecular formula is C13H15F2NO. The smallest absolute Gasteiger partial charge is 0.230 e. The minimum atomic E-state index is -0.919. The summed E-state index contributed by atoms with van der Waals surface area (Å²) in [5.41, 5.74) is 0.426. The number of carbonyl (C=O) groups is 1. The summed E-state index contributed by atoms with van der Waals surface area (Å²) < 4.78 is 25.9. The van der Waals surface area contributed by atoms with Crippen molar-refractivity contribution in [2.75, 3.05) is 11.4 Å². The van der Waals surface area contributed by atoms with Gasteiger partial charge in [0.05, 0.1) is 0 Å². The molecule has 0 radical (unpaired) electrons. The number of anilines is 1. The Hall–Kier alpha value is -1.45. The normalized spacial score (nSPS) is 22.4. The number of benzene rings is 1. The molecule has 1 aromatic rings. The molecule has 1 aliphatic rings. The standard InChI is InChI=1S/C13H15F2NO/c1-3-16(13(17)10-6-8(10)2)9-4-5-11(14)12(15)7-9/h4-5,7-8,10H,3,6H2,1-2H3. The second kappa shape index (κ2) is 4.43. The van der Waals surface area contributed by atoms with Gasteiger partial charge in [0.15, 0.2) is 11.6 Å². The summed E-state index contributed by atoms with van der Waals surface area (Å²) in [7, 11) is 0.